The van der Waals surface area contributed by atoms with Crippen molar-refractivity contribution in [1.29, 1.82) is 0 Å². The Morgan fingerprint density at radius 1 is 1.26 bits per heavy atom. The quantitative estimate of drug-likeness (QED) is 0.805. The Kier molecular flexibility index (Phi) is 5.18. The molecule has 2 rings (SSSR count). The third kappa shape index (κ3) is 4.43. The fourth-order valence-electron chi connectivity index (χ4n) is 2.12. The Morgan fingerprint density at radius 2 is 1.91 bits per heavy atom. The maximum atomic E-state index is 11.9. The van der Waals surface area contributed by atoms with Crippen LogP contribution >= 0.6 is 0 Å². The lowest BCUT2D eigenvalue weighted by molar-refractivity contribution is 0.175. The minimum atomic E-state index is -0.775. The van der Waals surface area contributed by atoms with Crippen LogP contribution in [0.1, 0.15) is 22.8 Å². The molecule has 1 aromatic heterocycles. The number of benzene rings is 1. The molecule has 0 aliphatic heterocycles. The number of hydrogen-bond acceptors (Lipinski definition) is 3. The smallest absolute Gasteiger partial charge is 0.319 e. The summed E-state index contributed by atoms with van der Waals surface area (Å²) in [7, 11) is 1.62. The Hall–Kier alpha value is -2.60. The number of nitrogens with zero attached hydrogens (tertiary/aromatic N) is 1. The van der Waals surface area contributed by atoms with E-state index in [1.165, 1.54) is 10.6 Å². The van der Waals surface area contributed by atoms with E-state index in [9.17, 15) is 14.7 Å². The monoisotopic (exact) mass is 315 g/mol. The first kappa shape index (κ1) is 16.8. The fourth-order valence-corrected chi connectivity index (χ4v) is 2.12. The number of hydrogen-bond donors (Lipinski definition) is 3. The van der Waals surface area contributed by atoms with Crippen LogP contribution in [0.3, 0.4) is 0 Å². The number of rotatable bonds is 4. The van der Waals surface area contributed by atoms with Gasteiger partial charge >= 0.3 is 6.03 Å². The molecule has 3 N–H and O–H groups in total. The van der Waals surface area contributed by atoms with E-state index in [0.717, 1.165) is 11.1 Å². The maximum absolute atomic E-state index is 11.9. The predicted molar refractivity (Wildman–Crippen MR) is 89.6 cm³/mol. The molecular formula is C17H21N3O3. The van der Waals surface area contributed by atoms with Gasteiger partial charge in [-0.3, -0.25) is 4.79 Å². The summed E-state index contributed by atoms with van der Waals surface area (Å²) in [6.07, 6.45) is 0.788. The normalized spacial score (nSPS) is 11.8. The highest BCUT2D eigenvalue weighted by atomic mass is 16.3. The second kappa shape index (κ2) is 7.11. The SMILES string of the molecule is Cc1ccc(C(O)CNC(=O)Nc2cn(C)c(=O)cc2C)cc1. The molecule has 0 aliphatic rings. The highest BCUT2D eigenvalue weighted by molar-refractivity contribution is 5.89. The molecular weight excluding hydrogens is 294 g/mol. The molecule has 6 heteroatoms. The zero-order chi connectivity index (χ0) is 17.0. The van der Waals surface area contributed by atoms with Crippen LogP contribution < -0.4 is 16.2 Å². The van der Waals surface area contributed by atoms with Gasteiger partial charge in [-0.1, -0.05) is 29.8 Å². The summed E-state index contributed by atoms with van der Waals surface area (Å²) in [5, 5.41) is 15.4. The summed E-state index contributed by atoms with van der Waals surface area (Å²) in [4.78, 5) is 23.4. The van der Waals surface area contributed by atoms with E-state index in [1.807, 2.05) is 31.2 Å². The number of carbonyl (C=O) groups is 1. The van der Waals surface area contributed by atoms with Crippen molar-refractivity contribution >= 4 is 11.7 Å². The second-order valence-corrected chi connectivity index (χ2v) is 5.58. The van der Waals surface area contributed by atoms with Crippen LogP contribution in [0.2, 0.25) is 0 Å². The average Bonchev–Trinajstić information content (AvgIpc) is 2.51. The van der Waals surface area contributed by atoms with E-state index in [2.05, 4.69) is 10.6 Å². The van der Waals surface area contributed by atoms with E-state index < -0.39 is 12.1 Å². The van der Waals surface area contributed by atoms with Crippen LogP contribution in [0.25, 0.3) is 0 Å². The van der Waals surface area contributed by atoms with E-state index in [4.69, 9.17) is 0 Å². The molecule has 1 aromatic carbocycles. The lowest BCUT2D eigenvalue weighted by atomic mass is 10.1. The van der Waals surface area contributed by atoms with Crippen LogP contribution in [0.4, 0.5) is 10.5 Å². The van der Waals surface area contributed by atoms with Crippen molar-refractivity contribution in [3.63, 3.8) is 0 Å². The van der Waals surface area contributed by atoms with Gasteiger partial charge in [0.05, 0.1) is 11.8 Å². The van der Waals surface area contributed by atoms with Gasteiger partial charge in [0.1, 0.15) is 0 Å². The first-order valence-corrected chi connectivity index (χ1v) is 7.33. The lowest BCUT2D eigenvalue weighted by Crippen LogP contribution is -2.33. The molecule has 0 saturated heterocycles. The Balaban J connectivity index is 1.94. The molecule has 0 fully saturated rings. The van der Waals surface area contributed by atoms with Crippen molar-refractivity contribution in [3.8, 4) is 0 Å². The lowest BCUT2D eigenvalue weighted by Gasteiger charge is -2.14. The van der Waals surface area contributed by atoms with Gasteiger partial charge < -0.3 is 20.3 Å². The molecule has 1 atom stereocenters. The van der Waals surface area contributed by atoms with Crippen molar-refractivity contribution in [1.82, 2.24) is 9.88 Å². The Morgan fingerprint density at radius 3 is 2.57 bits per heavy atom. The van der Waals surface area contributed by atoms with Gasteiger partial charge in [-0.2, -0.15) is 0 Å². The van der Waals surface area contributed by atoms with E-state index in [1.54, 1.807) is 20.2 Å². The van der Waals surface area contributed by atoms with Gasteiger partial charge in [0.2, 0.25) is 0 Å². The van der Waals surface area contributed by atoms with E-state index >= 15 is 0 Å². The zero-order valence-corrected chi connectivity index (χ0v) is 13.5. The molecule has 0 radical (unpaired) electrons. The van der Waals surface area contributed by atoms with Crippen LogP contribution in [0.15, 0.2) is 41.3 Å². The van der Waals surface area contributed by atoms with Crippen molar-refractivity contribution < 1.29 is 9.90 Å². The summed E-state index contributed by atoms with van der Waals surface area (Å²) in [6, 6.07) is 8.50. The molecule has 0 saturated carbocycles. The summed E-state index contributed by atoms with van der Waals surface area (Å²) < 4.78 is 1.39. The van der Waals surface area contributed by atoms with Gasteiger partial charge in [-0.15, -0.1) is 0 Å². The molecule has 2 amide bonds. The van der Waals surface area contributed by atoms with Crippen LogP contribution in [0.5, 0.6) is 0 Å². The van der Waals surface area contributed by atoms with Gasteiger partial charge in [0.15, 0.2) is 0 Å². The molecule has 1 heterocycles. The number of nitrogens with one attached hydrogen (secondary N) is 2. The number of pyridine rings is 1. The maximum Gasteiger partial charge on any atom is 0.319 e. The second-order valence-electron chi connectivity index (χ2n) is 5.58. The number of urea groups is 1. The molecule has 122 valence electrons. The third-order valence-electron chi connectivity index (χ3n) is 3.60. The number of carbonyl (C=O) groups excluding carboxylic acids is 1. The van der Waals surface area contributed by atoms with Gasteiger partial charge in [0, 0.05) is 25.9 Å². The minimum absolute atomic E-state index is 0.0969. The topological polar surface area (TPSA) is 83.4 Å². The summed E-state index contributed by atoms with van der Waals surface area (Å²) in [5.74, 6) is 0. The predicted octanol–water partition coefficient (Wildman–Crippen LogP) is 1.86. The molecule has 0 spiro atoms. The fraction of sp³-hybridized carbons (Fsp3) is 0.294. The van der Waals surface area contributed by atoms with E-state index in [0.29, 0.717) is 11.3 Å². The summed E-state index contributed by atoms with van der Waals surface area (Å²) >= 11 is 0. The molecule has 6 nitrogen and oxygen atoms in total. The number of anilines is 1. The Labute approximate surface area is 134 Å². The molecule has 23 heavy (non-hydrogen) atoms. The van der Waals surface area contributed by atoms with Crippen molar-refractivity contribution in [3.05, 3.63) is 63.6 Å². The average molecular weight is 315 g/mol. The van der Waals surface area contributed by atoms with Crippen LogP contribution in [-0.2, 0) is 7.05 Å². The zero-order valence-electron chi connectivity index (χ0n) is 13.5. The highest BCUT2D eigenvalue weighted by Gasteiger charge is 2.10. The number of amides is 2. The summed E-state index contributed by atoms with van der Waals surface area (Å²) in [5.41, 5.74) is 2.95. The standard InChI is InChI=1S/C17H21N3O3/c1-11-4-6-13(7-5-11)15(21)9-18-17(23)19-14-10-20(3)16(22)8-12(14)2/h4-8,10,15,21H,9H2,1-3H3,(H2,18,19,23). The van der Waals surface area contributed by atoms with Gasteiger partial charge in [-0.25, -0.2) is 4.79 Å². The van der Waals surface area contributed by atoms with Gasteiger partial charge in [0.25, 0.3) is 5.56 Å². The number of aryl methyl sites for hydroxylation is 3. The number of aromatic nitrogens is 1. The molecule has 2 aromatic rings. The van der Waals surface area contributed by atoms with Crippen molar-refractivity contribution in [2.24, 2.45) is 7.05 Å². The molecule has 0 bridgehead atoms. The first-order valence-electron chi connectivity index (χ1n) is 7.33. The number of aliphatic hydroxyl groups is 1. The van der Waals surface area contributed by atoms with Gasteiger partial charge in [-0.05, 0) is 25.0 Å². The Bertz CT molecular complexity index is 751. The van der Waals surface area contributed by atoms with Crippen molar-refractivity contribution in [2.45, 2.75) is 20.0 Å². The van der Waals surface area contributed by atoms with E-state index in [-0.39, 0.29) is 12.1 Å². The number of aliphatic hydroxyl groups excluding tert-OH is 1. The summed E-state index contributed by atoms with van der Waals surface area (Å²) in [6.45, 7) is 3.81. The van der Waals surface area contributed by atoms with Crippen molar-refractivity contribution in [2.75, 3.05) is 11.9 Å². The molecule has 1 unspecified atom stereocenters. The largest absolute Gasteiger partial charge is 0.387 e. The third-order valence-corrected chi connectivity index (χ3v) is 3.60. The van der Waals surface area contributed by atoms with Crippen LogP contribution in [0, 0.1) is 13.8 Å². The van der Waals surface area contributed by atoms with Crippen LogP contribution in [-0.4, -0.2) is 22.2 Å². The minimum Gasteiger partial charge on any atom is -0.387 e. The highest BCUT2D eigenvalue weighted by Crippen LogP contribution is 2.13. The molecule has 0 aliphatic carbocycles. The first-order chi connectivity index (χ1) is 10.9.